The zero-order valence-electron chi connectivity index (χ0n) is 12.0. The fourth-order valence-electron chi connectivity index (χ4n) is 2.28. The number of methoxy groups -OCH3 is 1. The van der Waals surface area contributed by atoms with Crippen LogP contribution >= 0.6 is 11.6 Å². The second-order valence-corrected chi connectivity index (χ2v) is 5.32. The number of rotatable bonds is 3. The third-order valence-electron chi connectivity index (χ3n) is 3.42. The summed E-state index contributed by atoms with van der Waals surface area (Å²) in [7, 11) is 1.63. The van der Waals surface area contributed by atoms with Crippen molar-refractivity contribution in [1.29, 1.82) is 0 Å². The van der Waals surface area contributed by atoms with Crippen LogP contribution in [-0.2, 0) is 0 Å². The van der Waals surface area contributed by atoms with Crippen molar-refractivity contribution in [2.45, 2.75) is 0 Å². The minimum Gasteiger partial charge on any atom is -0.497 e. The summed E-state index contributed by atoms with van der Waals surface area (Å²) in [5, 5.41) is 0.664. The molecule has 3 nitrogen and oxygen atoms in total. The Morgan fingerprint density at radius 2 is 1.50 bits per heavy atom. The van der Waals surface area contributed by atoms with Gasteiger partial charge in [-0.25, -0.2) is 0 Å². The highest BCUT2D eigenvalue weighted by molar-refractivity contribution is 6.30. The van der Waals surface area contributed by atoms with Gasteiger partial charge in [0, 0.05) is 16.8 Å². The van der Waals surface area contributed by atoms with Gasteiger partial charge in [-0.2, -0.15) is 0 Å². The summed E-state index contributed by atoms with van der Waals surface area (Å²) in [6, 6.07) is 18.5. The number of ether oxygens (including phenoxy) is 1. The zero-order chi connectivity index (χ0) is 15.5. The van der Waals surface area contributed by atoms with Gasteiger partial charge in [0.15, 0.2) is 0 Å². The van der Waals surface area contributed by atoms with E-state index in [4.69, 9.17) is 16.3 Å². The number of hydrogen-bond acceptors (Lipinski definition) is 2. The highest BCUT2D eigenvalue weighted by Gasteiger charge is 2.05. The van der Waals surface area contributed by atoms with E-state index in [-0.39, 0.29) is 5.56 Å². The van der Waals surface area contributed by atoms with E-state index in [2.05, 4.69) is 4.98 Å². The van der Waals surface area contributed by atoms with Crippen LogP contribution in [0, 0.1) is 0 Å². The van der Waals surface area contributed by atoms with Gasteiger partial charge in [0.1, 0.15) is 5.75 Å². The molecule has 3 aromatic rings. The first-order valence-electron chi connectivity index (χ1n) is 6.80. The van der Waals surface area contributed by atoms with E-state index in [1.807, 2.05) is 42.5 Å². The Bertz CT molecular complexity index is 836. The maximum absolute atomic E-state index is 11.9. The van der Waals surface area contributed by atoms with Crippen LogP contribution in [0.5, 0.6) is 5.75 Å². The SMILES string of the molecule is COc1ccc(-c2cc(-c3ccc(Cl)cc3)[nH]c(=O)c2)cc1. The second-order valence-electron chi connectivity index (χ2n) is 4.88. The van der Waals surface area contributed by atoms with E-state index in [9.17, 15) is 4.79 Å². The molecule has 0 aliphatic carbocycles. The molecule has 110 valence electrons. The lowest BCUT2D eigenvalue weighted by Crippen LogP contribution is -2.05. The Balaban J connectivity index is 2.05. The van der Waals surface area contributed by atoms with Gasteiger partial charge in [0.05, 0.1) is 7.11 Å². The summed E-state index contributed by atoms with van der Waals surface area (Å²) in [6.45, 7) is 0. The number of pyridine rings is 1. The molecule has 3 rings (SSSR count). The smallest absolute Gasteiger partial charge is 0.249 e. The molecular weight excluding hydrogens is 298 g/mol. The zero-order valence-corrected chi connectivity index (χ0v) is 12.7. The highest BCUT2D eigenvalue weighted by Crippen LogP contribution is 2.25. The average Bonchev–Trinajstić information content (AvgIpc) is 2.55. The van der Waals surface area contributed by atoms with Crippen LogP contribution < -0.4 is 10.3 Å². The van der Waals surface area contributed by atoms with Gasteiger partial charge >= 0.3 is 0 Å². The molecule has 0 saturated heterocycles. The highest BCUT2D eigenvalue weighted by atomic mass is 35.5. The molecule has 0 bridgehead atoms. The van der Waals surface area contributed by atoms with Crippen molar-refractivity contribution in [3.05, 3.63) is 76.0 Å². The average molecular weight is 312 g/mol. The van der Waals surface area contributed by atoms with Gasteiger partial charge in [0.25, 0.3) is 0 Å². The fraction of sp³-hybridized carbons (Fsp3) is 0.0556. The lowest BCUT2D eigenvalue weighted by atomic mass is 10.0. The predicted octanol–water partition coefficient (Wildman–Crippen LogP) is 4.37. The number of hydrogen-bond donors (Lipinski definition) is 1. The lowest BCUT2D eigenvalue weighted by Gasteiger charge is -2.07. The van der Waals surface area contributed by atoms with Crippen LogP contribution in [0.3, 0.4) is 0 Å². The van der Waals surface area contributed by atoms with Gasteiger partial charge in [0.2, 0.25) is 5.56 Å². The van der Waals surface area contributed by atoms with Crippen molar-refractivity contribution in [2.75, 3.05) is 7.11 Å². The van der Waals surface area contributed by atoms with Crippen molar-refractivity contribution in [2.24, 2.45) is 0 Å². The monoisotopic (exact) mass is 311 g/mol. The van der Waals surface area contributed by atoms with Gasteiger partial charge in [-0.15, -0.1) is 0 Å². The molecule has 0 saturated carbocycles. The van der Waals surface area contributed by atoms with E-state index in [1.165, 1.54) is 0 Å². The standard InChI is InChI=1S/C18H14ClNO2/c1-22-16-8-4-12(5-9-16)14-10-17(20-18(21)11-14)13-2-6-15(19)7-3-13/h2-11H,1H3,(H,20,21). The van der Waals surface area contributed by atoms with Crippen LogP contribution in [0.1, 0.15) is 0 Å². The van der Waals surface area contributed by atoms with E-state index in [1.54, 1.807) is 25.3 Å². The summed E-state index contributed by atoms with van der Waals surface area (Å²) in [4.78, 5) is 14.8. The molecule has 2 aromatic carbocycles. The van der Waals surface area contributed by atoms with Crippen molar-refractivity contribution >= 4 is 11.6 Å². The second kappa shape index (κ2) is 6.08. The number of halogens is 1. The van der Waals surface area contributed by atoms with E-state index >= 15 is 0 Å². The van der Waals surface area contributed by atoms with Crippen LogP contribution in [0.15, 0.2) is 65.5 Å². The Morgan fingerprint density at radius 1 is 0.864 bits per heavy atom. The largest absolute Gasteiger partial charge is 0.497 e. The summed E-state index contributed by atoms with van der Waals surface area (Å²) >= 11 is 5.90. The summed E-state index contributed by atoms with van der Waals surface area (Å²) in [5.41, 5.74) is 3.35. The third-order valence-corrected chi connectivity index (χ3v) is 3.67. The van der Waals surface area contributed by atoms with Crippen molar-refractivity contribution in [1.82, 2.24) is 4.98 Å². The normalized spacial score (nSPS) is 10.5. The van der Waals surface area contributed by atoms with Crippen molar-refractivity contribution < 1.29 is 4.74 Å². The lowest BCUT2D eigenvalue weighted by molar-refractivity contribution is 0.415. The van der Waals surface area contributed by atoms with E-state index < -0.39 is 0 Å². The quantitative estimate of drug-likeness (QED) is 0.780. The minimum atomic E-state index is -0.140. The van der Waals surface area contributed by atoms with E-state index in [0.717, 1.165) is 28.1 Å². The molecule has 0 spiro atoms. The molecule has 4 heteroatoms. The van der Waals surface area contributed by atoms with Crippen LogP contribution in [0.25, 0.3) is 22.4 Å². The number of aromatic amines is 1. The molecule has 1 N–H and O–H groups in total. The maximum atomic E-state index is 11.9. The Morgan fingerprint density at radius 3 is 2.14 bits per heavy atom. The number of nitrogens with one attached hydrogen (secondary N) is 1. The molecule has 0 aliphatic heterocycles. The molecule has 0 amide bonds. The summed E-state index contributed by atoms with van der Waals surface area (Å²) < 4.78 is 5.15. The van der Waals surface area contributed by atoms with E-state index in [0.29, 0.717) is 5.02 Å². The topological polar surface area (TPSA) is 42.1 Å². The van der Waals surface area contributed by atoms with Gasteiger partial charge in [-0.1, -0.05) is 35.9 Å². The van der Waals surface area contributed by atoms with Crippen molar-refractivity contribution in [3.8, 4) is 28.1 Å². The first-order chi connectivity index (χ1) is 10.7. The van der Waals surface area contributed by atoms with Gasteiger partial charge in [-0.05, 0) is 47.0 Å². The fourth-order valence-corrected chi connectivity index (χ4v) is 2.40. The molecule has 0 fully saturated rings. The third kappa shape index (κ3) is 3.05. The molecular formula is C18H14ClNO2. The molecule has 0 radical (unpaired) electrons. The van der Waals surface area contributed by atoms with Crippen molar-refractivity contribution in [3.63, 3.8) is 0 Å². The summed E-state index contributed by atoms with van der Waals surface area (Å²) in [6.07, 6.45) is 0. The van der Waals surface area contributed by atoms with Gasteiger partial charge in [-0.3, -0.25) is 4.79 Å². The van der Waals surface area contributed by atoms with Crippen LogP contribution in [-0.4, -0.2) is 12.1 Å². The van der Waals surface area contributed by atoms with Crippen LogP contribution in [0.4, 0.5) is 0 Å². The molecule has 0 atom stereocenters. The number of H-pyrrole nitrogens is 1. The Kier molecular flexibility index (Phi) is 3.98. The number of aromatic nitrogens is 1. The minimum absolute atomic E-state index is 0.140. The molecule has 0 aliphatic rings. The first-order valence-corrected chi connectivity index (χ1v) is 7.18. The molecule has 1 aromatic heterocycles. The molecule has 1 heterocycles. The maximum Gasteiger partial charge on any atom is 0.249 e. The Hall–Kier alpha value is -2.52. The van der Waals surface area contributed by atoms with Crippen LogP contribution in [0.2, 0.25) is 5.02 Å². The van der Waals surface area contributed by atoms with Gasteiger partial charge < -0.3 is 9.72 Å². The first kappa shape index (κ1) is 14.4. The Labute approximate surface area is 133 Å². The predicted molar refractivity (Wildman–Crippen MR) is 89.5 cm³/mol. The molecule has 22 heavy (non-hydrogen) atoms. The summed E-state index contributed by atoms with van der Waals surface area (Å²) in [5.74, 6) is 0.784. The number of benzene rings is 2. The molecule has 0 unspecified atom stereocenters.